The Hall–Kier alpha value is -2.88. The molecule has 0 saturated heterocycles. The number of amides is 1. The normalized spacial score (nSPS) is 9.82. The fourth-order valence-electron chi connectivity index (χ4n) is 1.42. The second-order valence-corrected chi connectivity index (χ2v) is 3.20. The van der Waals surface area contributed by atoms with Crippen LogP contribution in [0.5, 0.6) is 5.75 Å². The minimum atomic E-state index is -0.768. The molecule has 7 nitrogen and oxygen atoms in total. The zero-order valence-electron chi connectivity index (χ0n) is 8.51. The average molecular weight is 229 g/mol. The topological polar surface area (TPSA) is 129 Å². The molecule has 1 amide bonds. The summed E-state index contributed by atoms with van der Waals surface area (Å²) < 4.78 is 0. The van der Waals surface area contributed by atoms with Gasteiger partial charge >= 0.3 is 0 Å². The number of rotatable bonds is 2. The summed E-state index contributed by atoms with van der Waals surface area (Å²) in [5.74, 6) is -1.03. The molecule has 2 aromatic rings. The van der Waals surface area contributed by atoms with Crippen LogP contribution >= 0.6 is 0 Å². The van der Waals surface area contributed by atoms with Gasteiger partial charge in [0.15, 0.2) is 5.69 Å². The van der Waals surface area contributed by atoms with Crippen molar-refractivity contribution in [3.8, 4) is 23.1 Å². The summed E-state index contributed by atoms with van der Waals surface area (Å²) in [7, 11) is 0. The second-order valence-electron chi connectivity index (χ2n) is 3.20. The molecule has 0 bridgehead atoms. The standard InChI is InChI=1S/C10H7N5O2/c11-4-5-2-1-3-6(9(5)16)7-8(10(12)17)14-15-13-7/h1-3,16H,(H2,12,17)(H,13,14,15). The highest BCUT2D eigenvalue weighted by Crippen LogP contribution is 2.31. The van der Waals surface area contributed by atoms with E-state index in [1.807, 2.05) is 6.07 Å². The first-order valence-electron chi connectivity index (χ1n) is 4.58. The van der Waals surface area contributed by atoms with E-state index in [4.69, 9.17) is 11.0 Å². The van der Waals surface area contributed by atoms with Gasteiger partial charge in [-0.2, -0.15) is 20.7 Å². The number of H-pyrrole nitrogens is 1. The van der Waals surface area contributed by atoms with Crippen molar-refractivity contribution < 1.29 is 9.90 Å². The van der Waals surface area contributed by atoms with Crippen LogP contribution in [0.25, 0.3) is 11.3 Å². The van der Waals surface area contributed by atoms with Crippen molar-refractivity contribution in [3.63, 3.8) is 0 Å². The summed E-state index contributed by atoms with van der Waals surface area (Å²) in [4.78, 5) is 11.1. The number of nitrogens with two attached hydrogens (primary N) is 1. The van der Waals surface area contributed by atoms with E-state index in [9.17, 15) is 9.90 Å². The molecule has 0 saturated carbocycles. The maximum atomic E-state index is 11.1. The van der Waals surface area contributed by atoms with E-state index in [0.717, 1.165) is 0 Å². The van der Waals surface area contributed by atoms with Gasteiger partial charge in [0.1, 0.15) is 17.5 Å². The minimum absolute atomic E-state index is 0.0842. The zero-order chi connectivity index (χ0) is 12.4. The van der Waals surface area contributed by atoms with Crippen LogP contribution in [-0.2, 0) is 0 Å². The smallest absolute Gasteiger partial charge is 0.271 e. The summed E-state index contributed by atoms with van der Waals surface area (Å²) in [5, 5.41) is 28.2. The number of phenolic OH excluding ortho intramolecular Hbond substituents is 1. The second kappa shape index (κ2) is 3.94. The van der Waals surface area contributed by atoms with Crippen molar-refractivity contribution in [1.82, 2.24) is 15.4 Å². The molecule has 0 fully saturated rings. The van der Waals surface area contributed by atoms with Crippen molar-refractivity contribution in [3.05, 3.63) is 29.5 Å². The number of nitrogens with zero attached hydrogens (tertiary/aromatic N) is 3. The molecule has 17 heavy (non-hydrogen) atoms. The Labute approximate surface area is 95.5 Å². The first kappa shape index (κ1) is 10.6. The Morgan fingerprint density at radius 1 is 1.47 bits per heavy atom. The van der Waals surface area contributed by atoms with Gasteiger partial charge in [0.2, 0.25) is 0 Å². The highest BCUT2D eigenvalue weighted by molar-refractivity contribution is 5.97. The van der Waals surface area contributed by atoms with Crippen LogP contribution in [0.4, 0.5) is 0 Å². The third-order valence-electron chi connectivity index (χ3n) is 2.19. The monoisotopic (exact) mass is 229 g/mol. The van der Waals surface area contributed by atoms with E-state index in [1.165, 1.54) is 12.1 Å². The van der Waals surface area contributed by atoms with Gasteiger partial charge in [-0.15, -0.1) is 0 Å². The van der Waals surface area contributed by atoms with Gasteiger partial charge in [-0.05, 0) is 12.1 Å². The third kappa shape index (κ3) is 1.68. The van der Waals surface area contributed by atoms with Crippen LogP contribution in [0.1, 0.15) is 16.1 Å². The molecule has 7 heteroatoms. The van der Waals surface area contributed by atoms with Crippen LogP contribution in [0.2, 0.25) is 0 Å². The fourth-order valence-corrected chi connectivity index (χ4v) is 1.42. The van der Waals surface area contributed by atoms with Gasteiger partial charge in [0.05, 0.1) is 5.56 Å². The molecular formula is C10H7N5O2. The Morgan fingerprint density at radius 3 is 2.88 bits per heavy atom. The number of nitrogens with one attached hydrogen (secondary N) is 1. The third-order valence-corrected chi connectivity index (χ3v) is 2.19. The molecule has 0 aliphatic carbocycles. The summed E-state index contributed by atoms with van der Waals surface area (Å²) in [6, 6.07) is 6.35. The SMILES string of the molecule is N#Cc1cccc(-c2n[nH]nc2C(N)=O)c1O. The Balaban J connectivity index is 2.66. The zero-order valence-corrected chi connectivity index (χ0v) is 8.51. The van der Waals surface area contributed by atoms with Gasteiger partial charge in [-0.25, -0.2) is 0 Å². The van der Waals surface area contributed by atoms with Crippen LogP contribution in [-0.4, -0.2) is 26.4 Å². The lowest BCUT2D eigenvalue weighted by Gasteiger charge is -2.02. The summed E-state index contributed by atoms with van der Waals surface area (Å²) in [5.41, 5.74) is 5.45. The molecule has 1 heterocycles. The molecule has 2 rings (SSSR count). The van der Waals surface area contributed by atoms with E-state index in [1.54, 1.807) is 6.07 Å². The molecule has 1 aromatic heterocycles. The number of carbonyl (C=O) groups excluding carboxylic acids is 1. The Morgan fingerprint density at radius 2 is 2.24 bits per heavy atom. The fraction of sp³-hybridized carbons (Fsp3) is 0. The number of para-hydroxylation sites is 1. The number of hydrogen-bond acceptors (Lipinski definition) is 5. The summed E-state index contributed by atoms with van der Waals surface area (Å²) >= 11 is 0. The van der Waals surface area contributed by atoms with E-state index in [0.29, 0.717) is 0 Å². The van der Waals surface area contributed by atoms with E-state index in [-0.39, 0.29) is 28.3 Å². The highest BCUT2D eigenvalue weighted by atomic mass is 16.3. The lowest BCUT2D eigenvalue weighted by molar-refractivity contribution is 0.0996. The molecule has 0 unspecified atom stereocenters. The Kier molecular flexibility index (Phi) is 2.46. The van der Waals surface area contributed by atoms with Crippen LogP contribution < -0.4 is 5.73 Å². The number of aromatic hydroxyl groups is 1. The van der Waals surface area contributed by atoms with Crippen LogP contribution in [0, 0.1) is 11.3 Å². The van der Waals surface area contributed by atoms with E-state index < -0.39 is 5.91 Å². The number of phenols is 1. The van der Waals surface area contributed by atoms with Gasteiger partial charge in [0, 0.05) is 5.56 Å². The molecule has 0 aliphatic rings. The molecule has 4 N–H and O–H groups in total. The van der Waals surface area contributed by atoms with Crippen molar-refractivity contribution in [1.29, 1.82) is 5.26 Å². The lowest BCUT2D eigenvalue weighted by Crippen LogP contribution is -2.12. The number of hydrogen-bond donors (Lipinski definition) is 3. The molecule has 0 spiro atoms. The van der Waals surface area contributed by atoms with E-state index in [2.05, 4.69) is 15.4 Å². The van der Waals surface area contributed by atoms with Gasteiger partial charge < -0.3 is 10.8 Å². The number of primary amides is 1. The summed E-state index contributed by atoms with van der Waals surface area (Å²) in [6.07, 6.45) is 0. The van der Waals surface area contributed by atoms with Gasteiger partial charge in [-0.1, -0.05) is 6.07 Å². The first-order valence-corrected chi connectivity index (χ1v) is 4.58. The van der Waals surface area contributed by atoms with E-state index >= 15 is 0 Å². The quantitative estimate of drug-likeness (QED) is 0.674. The van der Waals surface area contributed by atoms with Gasteiger partial charge in [0.25, 0.3) is 5.91 Å². The van der Waals surface area contributed by atoms with Crippen molar-refractivity contribution >= 4 is 5.91 Å². The molecule has 0 radical (unpaired) electrons. The minimum Gasteiger partial charge on any atom is -0.506 e. The number of benzene rings is 1. The largest absolute Gasteiger partial charge is 0.506 e. The van der Waals surface area contributed by atoms with Gasteiger partial charge in [-0.3, -0.25) is 4.79 Å². The average Bonchev–Trinajstić information content (AvgIpc) is 2.78. The Bertz CT molecular complexity index is 626. The van der Waals surface area contributed by atoms with Crippen molar-refractivity contribution in [2.75, 3.05) is 0 Å². The summed E-state index contributed by atoms with van der Waals surface area (Å²) in [6.45, 7) is 0. The maximum absolute atomic E-state index is 11.1. The predicted molar refractivity (Wildman–Crippen MR) is 56.7 cm³/mol. The molecule has 84 valence electrons. The number of carbonyl (C=O) groups is 1. The van der Waals surface area contributed by atoms with Crippen molar-refractivity contribution in [2.45, 2.75) is 0 Å². The number of aromatic amines is 1. The molecule has 0 aliphatic heterocycles. The molecule has 0 atom stereocenters. The first-order chi connectivity index (χ1) is 8.15. The number of aromatic nitrogens is 3. The predicted octanol–water partition coefficient (Wildman–Crippen LogP) is 0.148. The van der Waals surface area contributed by atoms with Crippen LogP contribution in [0.3, 0.4) is 0 Å². The molecular weight excluding hydrogens is 222 g/mol. The van der Waals surface area contributed by atoms with Crippen molar-refractivity contribution in [2.24, 2.45) is 5.73 Å². The lowest BCUT2D eigenvalue weighted by atomic mass is 10.1. The maximum Gasteiger partial charge on any atom is 0.271 e. The number of nitriles is 1. The molecule has 1 aromatic carbocycles. The van der Waals surface area contributed by atoms with Crippen LogP contribution in [0.15, 0.2) is 18.2 Å². The highest BCUT2D eigenvalue weighted by Gasteiger charge is 2.19.